The van der Waals surface area contributed by atoms with Crippen molar-refractivity contribution in [1.82, 2.24) is 11.0 Å². The van der Waals surface area contributed by atoms with Crippen molar-refractivity contribution in [2.75, 3.05) is 24.3 Å². The zero-order valence-electron chi connectivity index (χ0n) is 15.0. The first kappa shape index (κ1) is 19.2. The van der Waals surface area contributed by atoms with E-state index in [2.05, 4.69) is 60.4 Å². The van der Waals surface area contributed by atoms with E-state index < -0.39 is 0 Å². The highest BCUT2D eigenvalue weighted by Gasteiger charge is 2.28. The van der Waals surface area contributed by atoms with Gasteiger partial charge in [0.05, 0.1) is 17.9 Å². The quantitative estimate of drug-likeness (QED) is 0.346. The Morgan fingerprint density at radius 2 is 2.08 bits per heavy atom. The summed E-state index contributed by atoms with van der Waals surface area (Å²) in [6.45, 7) is 3.16. The third-order valence-electron chi connectivity index (χ3n) is 4.07. The maximum absolute atomic E-state index is 9.15. The number of amides is 1. The van der Waals surface area contributed by atoms with Gasteiger partial charge in [0.15, 0.2) is 0 Å². The summed E-state index contributed by atoms with van der Waals surface area (Å²) in [5.41, 5.74) is 7.98. The normalized spacial score (nSPS) is 12.8. The molecular formula is C18H27N5OS. The molecule has 0 atom stereocenters. The van der Waals surface area contributed by atoms with E-state index in [0.29, 0.717) is 6.41 Å². The van der Waals surface area contributed by atoms with Crippen LogP contribution in [0.4, 0.5) is 11.4 Å². The van der Waals surface area contributed by atoms with Gasteiger partial charge in [-0.25, -0.2) is 0 Å². The van der Waals surface area contributed by atoms with Crippen LogP contribution >= 0.6 is 11.3 Å². The number of carbonyl (C=O) groups is 1. The van der Waals surface area contributed by atoms with E-state index in [0.717, 1.165) is 12.5 Å². The van der Waals surface area contributed by atoms with Crippen molar-refractivity contribution in [2.24, 2.45) is 5.84 Å². The van der Waals surface area contributed by atoms with Crippen LogP contribution in [0.1, 0.15) is 34.1 Å². The monoisotopic (exact) mass is 361 g/mol. The summed E-state index contributed by atoms with van der Waals surface area (Å²) in [6, 6.07) is 11.1. The predicted molar refractivity (Wildman–Crippen MR) is 106 cm³/mol. The largest absolute Gasteiger partial charge is 0.386 e. The van der Waals surface area contributed by atoms with E-state index in [1.54, 1.807) is 0 Å². The van der Waals surface area contributed by atoms with Gasteiger partial charge in [-0.3, -0.25) is 16.1 Å². The Morgan fingerprint density at radius 1 is 1.32 bits per heavy atom. The number of hydrazine groups is 2. The Hall–Kier alpha value is -2.09. The van der Waals surface area contributed by atoms with Crippen LogP contribution in [0.3, 0.4) is 0 Å². The lowest BCUT2D eigenvalue weighted by molar-refractivity contribution is -0.110. The topological polar surface area (TPSA) is 82.4 Å². The molecule has 25 heavy (non-hydrogen) atoms. The van der Waals surface area contributed by atoms with Crippen LogP contribution in [0.5, 0.6) is 0 Å². The summed E-state index contributed by atoms with van der Waals surface area (Å²) in [7, 11) is 4.22. The van der Waals surface area contributed by atoms with Crippen LogP contribution in [0, 0.1) is 6.92 Å². The molecule has 1 amide bonds. The molecule has 1 saturated carbocycles. The van der Waals surface area contributed by atoms with Crippen molar-refractivity contribution < 1.29 is 4.79 Å². The molecule has 5 N–H and O–H groups in total. The van der Waals surface area contributed by atoms with Gasteiger partial charge in [-0.1, -0.05) is 12.1 Å². The van der Waals surface area contributed by atoms with Crippen molar-refractivity contribution in [3.63, 3.8) is 0 Å². The second kappa shape index (κ2) is 9.41. The number of anilines is 2. The van der Waals surface area contributed by atoms with E-state index in [1.165, 1.54) is 39.5 Å². The zero-order valence-corrected chi connectivity index (χ0v) is 15.8. The van der Waals surface area contributed by atoms with Gasteiger partial charge >= 0.3 is 0 Å². The van der Waals surface area contributed by atoms with E-state index in [4.69, 9.17) is 4.79 Å². The molecule has 0 radical (unpaired) electrons. The Balaban J connectivity index is 0.000000399. The fraction of sp³-hybridized carbons (Fsp3) is 0.389. The highest BCUT2D eigenvalue weighted by molar-refractivity contribution is 7.11. The minimum atomic E-state index is 0.444. The van der Waals surface area contributed by atoms with Crippen LogP contribution < -0.4 is 27.0 Å². The maximum Gasteiger partial charge on any atom is 0.222 e. The first-order valence-electron chi connectivity index (χ1n) is 8.32. The molecule has 0 saturated heterocycles. The van der Waals surface area contributed by atoms with Crippen LogP contribution in [0.15, 0.2) is 30.3 Å². The van der Waals surface area contributed by atoms with Gasteiger partial charge in [0.2, 0.25) is 6.41 Å². The number of rotatable bonds is 7. The lowest BCUT2D eigenvalue weighted by Gasteiger charge is -2.25. The number of benzene rings is 1. The summed E-state index contributed by atoms with van der Waals surface area (Å²) in [5.74, 6) is 5.32. The summed E-state index contributed by atoms with van der Waals surface area (Å²) in [5, 5.41) is 3.35. The number of thiophene rings is 1. The van der Waals surface area contributed by atoms with Gasteiger partial charge in [-0.2, -0.15) is 5.53 Å². The van der Waals surface area contributed by atoms with Crippen LogP contribution in [-0.4, -0.2) is 20.5 Å². The van der Waals surface area contributed by atoms with Crippen LogP contribution in [0.2, 0.25) is 0 Å². The number of para-hydroxylation sites is 1. The minimum absolute atomic E-state index is 0.444. The molecule has 1 aliphatic rings. The summed E-state index contributed by atoms with van der Waals surface area (Å²) in [6.07, 6.45) is 3.12. The third-order valence-corrected chi connectivity index (χ3v) is 5.05. The Kier molecular flexibility index (Phi) is 7.24. The second-order valence-corrected chi connectivity index (χ2v) is 7.42. The molecule has 1 aromatic heterocycles. The molecular weight excluding hydrogens is 334 g/mol. The fourth-order valence-corrected chi connectivity index (χ4v) is 3.77. The maximum atomic E-state index is 9.15. The summed E-state index contributed by atoms with van der Waals surface area (Å²) < 4.78 is 0. The smallest absolute Gasteiger partial charge is 0.222 e. The molecule has 1 heterocycles. The van der Waals surface area contributed by atoms with E-state index in [-0.39, 0.29) is 0 Å². The zero-order chi connectivity index (χ0) is 18.2. The molecule has 0 spiro atoms. The van der Waals surface area contributed by atoms with E-state index in [1.807, 2.05) is 29.3 Å². The molecule has 6 nitrogen and oxygen atoms in total. The number of carbonyl (C=O) groups excluding carboxylic acids is 1. The molecule has 7 heteroatoms. The van der Waals surface area contributed by atoms with E-state index >= 15 is 0 Å². The van der Waals surface area contributed by atoms with Gasteiger partial charge in [0.25, 0.3) is 0 Å². The molecule has 3 rings (SSSR count). The van der Waals surface area contributed by atoms with Gasteiger partial charge in [0, 0.05) is 23.8 Å². The lowest BCUT2D eigenvalue weighted by Crippen LogP contribution is -2.36. The molecule has 0 unspecified atom stereocenters. The number of nitrogens with two attached hydrogens (primary N) is 1. The second-order valence-electron chi connectivity index (χ2n) is 6.04. The number of hydrogen-bond acceptors (Lipinski definition) is 6. The van der Waals surface area contributed by atoms with Gasteiger partial charge in [0.1, 0.15) is 0 Å². The number of aryl methyl sites for hydroxylation is 1. The highest BCUT2D eigenvalue weighted by atomic mass is 32.1. The SMILES string of the molecule is CNc1cccc(C2CC2)c1N(C)Cc1ccc(C)s1.NNNC=O. The van der Waals surface area contributed by atoms with Crippen molar-refractivity contribution in [1.29, 1.82) is 0 Å². The molecule has 0 aliphatic heterocycles. The molecule has 136 valence electrons. The fourth-order valence-electron chi connectivity index (χ4n) is 2.83. The first-order chi connectivity index (χ1) is 12.1. The molecule has 1 aliphatic carbocycles. The van der Waals surface area contributed by atoms with Crippen molar-refractivity contribution in [2.45, 2.75) is 32.2 Å². The third kappa shape index (κ3) is 5.45. The minimum Gasteiger partial charge on any atom is -0.386 e. The Bertz CT molecular complexity index is 684. The average molecular weight is 362 g/mol. The Labute approximate surface area is 153 Å². The predicted octanol–water partition coefficient (Wildman–Crippen LogP) is 2.72. The first-order valence-corrected chi connectivity index (χ1v) is 9.14. The number of hydrogen-bond donors (Lipinski definition) is 4. The number of nitrogens with one attached hydrogen (secondary N) is 3. The average Bonchev–Trinajstić information content (AvgIpc) is 3.38. The molecule has 1 fully saturated rings. The molecule has 0 bridgehead atoms. The number of nitrogens with zero attached hydrogens (tertiary/aromatic N) is 1. The standard InChI is InChI=1S/C17H22N2S.CH5N3O/c1-12-7-10-14(20-12)11-19(3)17-15(13-8-9-13)5-4-6-16(17)18-2;2-4-3-1-5/h4-7,10,13,18H,8-9,11H2,1-3H3;1,4H,2H2,(H,3,5). The summed E-state index contributed by atoms with van der Waals surface area (Å²) >= 11 is 1.89. The van der Waals surface area contributed by atoms with E-state index in [9.17, 15) is 0 Å². The van der Waals surface area contributed by atoms with Gasteiger partial charge < -0.3 is 10.2 Å². The van der Waals surface area contributed by atoms with Crippen molar-refractivity contribution in [3.8, 4) is 0 Å². The van der Waals surface area contributed by atoms with Crippen molar-refractivity contribution in [3.05, 3.63) is 45.6 Å². The highest BCUT2D eigenvalue weighted by Crippen LogP contribution is 2.46. The van der Waals surface area contributed by atoms with Gasteiger partial charge in [-0.05, 0) is 49.4 Å². The van der Waals surface area contributed by atoms with Crippen LogP contribution in [-0.2, 0) is 11.3 Å². The van der Waals surface area contributed by atoms with Gasteiger partial charge in [-0.15, -0.1) is 11.3 Å². The summed E-state index contributed by atoms with van der Waals surface area (Å²) in [4.78, 5) is 14.4. The lowest BCUT2D eigenvalue weighted by atomic mass is 10.1. The molecule has 1 aromatic carbocycles. The Morgan fingerprint density at radius 3 is 2.56 bits per heavy atom. The molecule has 2 aromatic rings. The van der Waals surface area contributed by atoms with Crippen LogP contribution in [0.25, 0.3) is 0 Å². The van der Waals surface area contributed by atoms with Crippen molar-refractivity contribution >= 4 is 29.1 Å².